The van der Waals surface area contributed by atoms with Crippen molar-refractivity contribution < 1.29 is 23.1 Å². The number of nitrogens with zero attached hydrogens (tertiary/aromatic N) is 1. The number of ether oxygens (including phenoxy) is 1. The van der Waals surface area contributed by atoms with Gasteiger partial charge in [-0.15, -0.1) is 0 Å². The van der Waals surface area contributed by atoms with Crippen molar-refractivity contribution in [3.8, 4) is 17.6 Å². The van der Waals surface area contributed by atoms with Crippen LogP contribution in [0.5, 0.6) is 5.75 Å². The van der Waals surface area contributed by atoms with E-state index >= 15 is 0 Å². The van der Waals surface area contributed by atoms with E-state index < -0.39 is 14.1 Å². The maximum atomic E-state index is 14.0. The van der Waals surface area contributed by atoms with E-state index in [-0.39, 0.29) is 28.4 Å². The van der Waals surface area contributed by atoms with Crippen LogP contribution in [0.1, 0.15) is 45.8 Å². The Kier molecular flexibility index (Phi) is 6.25. The molecule has 3 aromatic rings. The van der Waals surface area contributed by atoms with Crippen LogP contribution in [0.2, 0.25) is 13.1 Å². The van der Waals surface area contributed by atoms with Gasteiger partial charge in [0.1, 0.15) is 11.6 Å². The highest BCUT2D eigenvalue weighted by Crippen LogP contribution is 2.46. The van der Waals surface area contributed by atoms with Crippen LogP contribution in [0.15, 0.2) is 52.9 Å². The first-order valence-corrected chi connectivity index (χ1v) is 15.0. The molecule has 186 valence electrons. The molecule has 6 nitrogen and oxygen atoms in total. The molecule has 1 saturated heterocycles. The normalized spacial score (nSPS) is 16.3. The topological polar surface area (TPSA) is 88.9 Å². The predicted molar refractivity (Wildman–Crippen MR) is 137 cm³/mol. The van der Waals surface area contributed by atoms with E-state index in [1.165, 1.54) is 11.6 Å². The second kappa shape index (κ2) is 9.25. The number of carbonyl (C=O) groups is 1. The molecular formula is C28H29FN2O4Si. The Morgan fingerprint density at radius 3 is 2.61 bits per heavy atom. The number of likely N-dealkylation sites (tertiary alicyclic amines) is 1. The summed E-state index contributed by atoms with van der Waals surface area (Å²) in [7, 11) is -2.87. The molecule has 0 atom stereocenters. The van der Waals surface area contributed by atoms with E-state index in [0.717, 1.165) is 24.2 Å². The molecule has 36 heavy (non-hydrogen) atoms. The summed E-state index contributed by atoms with van der Waals surface area (Å²) in [5.74, 6) is 6.18. The molecule has 1 amide bonds. The number of hydrogen-bond donors (Lipinski definition) is 2. The Hall–Kier alpha value is -3.38. The highest BCUT2D eigenvalue weighted by Gasteiger charge is 2.44. The van der Waals surface area contributed by atoms with Crippen LogP contribution in [0.3, 0.4) is 0 Å². The van der Waals surface area contributed by atoms with Gasteiger partial charge in [0.2, 0.25) is 8.32 Å². The van der Waals surface area contributed by atoms with E-state index in [9.17, 15) is 14.0 Å². The van der Waals surface area contributed by atoms with Crippen LogP contribution in [0, 0.1) is 17.7 Å². The summed E-state index contributed by atoms with van der Waals surface area (Å²) in [6.45, 7) is 5.66. The number of fused-ring (bicyclic) bond motifs is 2. The van der Waals surface area contributed by atoms with Crippen molar-refractivity contribution in [1.29, 1.82) is 0 Å². The number of piperidine rings is 1. The molecule has 8 heteroatoms. The Labute approximate surface area is 211 Å². The van der Waals surface area contributed by atoms with Gasteiger partial charge < -0.3 is 24.6 Å². The van der Waals surface area contributed by atoms with Gasteiger partial charge in [-0.3, -0.25) is 4.79 Å². The number of furan rings is 1. The zero-order valence-corrected chi connectivity index (χ0v) is 21.4. The van der Waals surface area contributed by atoms with Crippen LogP contribution >= 0.6 is 0 Å². The number of nitrogens with two attached hydrogens (primary N) is 1. The first-order valence-electron chi connectivity index (χ1n) is 12.1. The number of benzene rings is 2. The van der Waals surface area contributed by atoms with Crippen molar-refractivity contribution in [3.63, 3.8) is 0 Å². The van der Waals surface area contributed by atoms with E-state index in [1.54, 1.807) is 42.3 Å². The van der Waals surface area contributed by atoms with E-state index in [1.807, 2.05) is 12.1 Å². The predicted octanol–water partition coefficient (Wildman–Crippen LogP) is 3.25. The minimum Gasteiger partial charge on any atom is -0.492 e. The summed E-state index contributed by atoms with van der Waals surface area (Å²) in [5, 5.41) is 0.524. The Balaban J connectivity index is 1.37. The lowest BCUT2D eigenvalue weighted by Gasteiger charge is -2.38. The second-order valence-corrected chi connectivity index (χ2v) is 13.7. The molecule has 0 unspecified atom stereocenters. The zero-order chi connectivity index (χ0) is 25.5. The van der Waals surface area contributed by atoms with Crippen molar-refractivity contribution >= 4 is 19.4 Å². The van der Waals surface area contributed by atoms with Gasteiger partial charge in [-0.25, -0.2) is 4.39 Å². The molecule has 2 aliphatic heterocycles. The SMILES string of the molecule is C[Si](C)(O)c1cc(C(=O)N2CCC3(CC2)COc2ccc(CN)cc23)oc1C#Cc1ccccc1F. The minimum atomic E-state index is -2.87. The van der Waals surface area contributed by atoms with E-state index in [2.05, 4.69) is 17.9 Å². The lowest BCUT2D eigenvalue weighted by molar-refractivity contribution is 0.0615. The Morgan fingerprint density at radius 2 is 1.92 bits per heavy atom. The number of rotatable bonds is 3. The first-order chi connectivity index (χ1) is 17.2. The van der Waals surface area contributed by atoms with Crippen LogP contribution in [-0.4, -0.2) is 43.6 Å². The summed E-state index contributed by atoms with van der Waals surface area (Å²) in [6, 6.07) is 13.9. The van der Waals surface area contributed by atoms with Crippen molar-refractivity contribution in [1.82, 2.24) is 4.90 Å². The van der Waals surface area contributed by atoms with Crippen molar-refractivity contribution in [2.75, 3.05) is 19.7 Å². The molecule has 0 bridgehead atoms. The summed E-state index contributed by atoms with van der Waals surface area (Å²) in [6.07, 6.45) is 1.54. The lowest BCUT2D eigenvalue weighted by atomic mass is 9.74. The van der Waals surface area contributed by atoms with Gasteiger partial charge >= 0.3 is 0 Å². The maximum absolute atomic E-state index is 14.0. The molecule has 3 heterocycles. The van der Waals surface area contributed by atoms with Gasteiger partial charge in [0, 0.05) is 35.8 Å². The van der Waals surface area contributed by atoms with Gasteiger partial charge in [-0.05, 0) is 61.7 Å². The van der Waals surface area contributed by atoms with Gasteiger partial charge in [0.25, 0.3) is 5.91 Å². The Morgan fingerprint density at radius 1 is 1.17 bits per heavy atom. The number of hydrogen-bond acceptors (Lipinski definition) is 5. The molecule has 0 saturated carbocycles. The van der Waals surface area contributed by atoms with Gasteiger partial charge in [0.05, 0.1) is 12.2 Å². The molecular weight excluding hydrogens is 475 g/mol. The summed E-state index contributed by atoms with van der Waals surface area (Å²) < 4.78 is 25.9. The Bertz CT molecular complexity index is 1370. The van der Waals surface area contributed by atoms with Crippen LogP contribution in [0.25, 0.3) is 0 Å². The smallest absolute Gasteiger partial charge is 0.289 e. The number of carbonyl (C=O) groups excluding carboxylic acids is 1. The fourth-order valence-corrected chi connectivity index (χ4v) is 6.13. The molecule has 1 aromatic heterocycles. The summed E-state index contributed by atoms with van der Waals surface area (Å²) in [5.41, 5.74) is 8.20. The third-order valence-electron chi connectivity index (χ3n) is 7.15. The fourth-order valence-electron chi connectivity index (χ4n) is 4.98. The van der Waals surface area contributed by atoms with Gasteiger partial charge in [-0.1, -0.05) is 30.2 Å². The van der Waals surface area contributed by atoms with Crippen LogP contribution < -0.4 is 15.7 Å². The monoisotopic (exact) mass is 504 g/mol. The van der Waals surface area contributed by atoms with Gasteiger partial charge in [0.15, 0.2) is 11.5 Å². The molecule has 0 radical (unpaired) electrons. The zero-order valence-electron chi connectivity index (χ0n) is 20.4. The average molecular weight is 505 g/mol. The average Bonchev–Trinajstić information content (AvgIpc) is 3.46. The molecule has 2 aliphatic rings. The van der Waals surface area contributed by atoms with E-state index in [0.29, 0.717) is 31.4 Å². The highest BCUT2D eigenvalue weighted by atomic mass is 28.4. The number of amides is 1. The summed E-state index contributed by atoms with van der Waals surface area (Å²) in [4.78, 5) is 25.9. The van der Waals surface area contributed by atoms with E-state index in [4.69, 9.17) is 14.9 Å². The van der Waals surface area contributed by atoms with Crippen molar-refractivity contribution in [3.05, 3.63) is 82.6 Å². The maximum Gasteiger partial charge on any atom is 0.289 e. The third-order valence-corrected chi connectivity index (χ3v) is 8.84. The molecule has 1 spiro atoms. The highest BCUT2D eigenvalue weighted by molar-refractivity contribution is 6.83. The van der Waals surface area contributed by atoms with Crippen LogP contribution in [-0.2, 0) is 12.0 Å². The fraction of sp³-hybridized carbons (Fsp3) is 0.321. The quantitative estimate of drug-likeness (QED) is 0.422. The first kappa shape index (κ1) is 24.3. The minimum absolute atomic E-state index is 0.123. The largest absolute Gasteiger partial charge is 0.492 e. The lowest BCUT2D eigenvalue weighted by Crippen LogP contribution is -2.46. The molecule has 3 N–H and O–H groups in total. The molecule has 1 fully saturated rings. The van der Waals surface area contributed by atoms with Crippen molar-refractivity contribution in [2.24, 2.45) is 5.73 Å². The standard InChI is InChI=1S/C28H29FN2O4Si/c1-36(2,33)26-16-25(35-24(26)10-8-20-5-3-4-6-22(20)29)27(32)31-13-11-28(12-14-31)18-34-23-9-7-19(17-30)15-21(23)28/h3-7,9,15-16,33H,11-14,17-18,30H2,1-2H3. The van der Waals surface area contributed by atoms with Crippen LogP contribution in [0.4, 0.5) is 4.39 Å². The van der Waals surface area contributed by atoms with Crippen molar-refractivity contribution in [2.45, 2.75) is 37.9 Å². The third kappa shape index (κ3) is 4.46. The van der Waals surface area contributed by atoms with Gasteiger partial charge in [-0.2, -0.15) is 0 Å². The summed E-state index contributed by atoms with van der Waals surface area (Å²) >= 11 is 0. The molecule has 0 aliphatic carbocycles. The second-order valence-electron chi connectivity index (χ2n) is 10.0. The molecule has 5 rings (SSSR count). The number of halogens is 1. The molecule has 2 aromatic carbocycles.